The van der Waals surface area contributed by atoms with E-state index in [1.54, 1.807) is 0 Å². The first kappa shape index (κ1) is 15.9. The Morgan fingerprint density at radius 3 is 2.52 bits per heavy atom. The minimum Gasteiger partial charge on any atom is -0.390 e. The van der Waals surface area contributed by atoms with Gasteiger partial charge in [0.25, 0.3) is 0 Å². The van der Waals surface area contributed by atoms with Crippen LogP contribution in [0.5, 0.6) is 0 Å². The summed E-state index contributed by atoms with van der Waals surface area (Å²) >= 11 is 0. The summed E-state index contributed by atoms with van der Waals surface area (Å²) in [6.07, 6.45) is 9.39. The Labute approximate surface area is 140 Å². The summed E-state index contributed by atoms with van der Waals surface area (Å²) < 4.78 is 0. The maximum absolute atomic E-state index is 11.9. The molecule has 0 aromatic rings. The second-order valence-electron chi connectivity index (χ2n) is 9.79. The van der Waals surface area contributed by atoms with Gasteiger partial charge in [0.1, 0.15) is 0 Å². The lowest BCUT2D eigenvalue weighted by Gasteiger charge is -2.60. The average molecular weight is 316 g/mol. The first-order chi connectivity index (χ1) is 10.7. The Morgan fingerprint density at radius 1 is 1.09 bits per heavy atom. The highest BCUT2D eigenvalue weighted by molar-refractivity contribution is 5.91. The van der Waals surface area contributed by atoms with E-state index >= 15 is 0 Å². The quantitative estimate of drug-likeness (QED) is 0.713. The van der Waals surface area contributed by atoms with Crippen LogP contribution in [0, 0.1) is 34.5 Å². The van der Waals surface area contributed by atoms with E-state index in [2.05, 4.69) is 27.7 Å². The second-order valence-corrected chi connectivity index (χ2v) is 9.79. The summed E-state index contributed by atoms with van der Waals surface area (Å²) in [5.41, 5.74) is 1.27. The molecular formula is C21H32O2. The number of aliphatic hydroxyl groups is 1. The van der Waals surface area contributed by atoms with Crippen molar-refractivity contribution in [2.24, 2.45) is 34.5 Å². The molecular weight excluding hydrogens is 284 g/mol. The van der Waals surface area contributed by atoms with Crippen LogP contribution in [-0.4, -0.2) is 16.5 Å². The molecule has 0 heterocycles. The van der Waals surface area contributed by atoms with Crippen LogP contribution in [0.1, 0.15) is 72.6 Å². The second kappa shape index (κ2) is 4.71. The number of allylic oxidation sites excluding steroid dienone is 1. The average Bonchev–Trinajstić information content (AvgIpc) is 2.72. The van der Waals surface area contributed by atoms with Crippen LogP contribution < -0.4 is 0 Å². The van der Waals surface area contributed by atoms with Gasteiger partial charge in [-0.3, -0.25) is 4.79 Å². The van der Waals surface area contributed by atoms with Crippen molar-refractivity contribution in [1.82, 2.24) is 0 Å². The van der Waals surface area contributed by atoms with Crippen molar-refractivity contribution in [3.63, 3.8) is 0 Å². The molecule has 4 rings (SSSR count). The number of carbonyl (C=O) groups excluding carboxylic acids is 1. The molecule has 3 fully saturated rings. The smallest absolute Gasteiger partial charge is 0.155 e. The van der Waals surface area contributed by atoms with Crippen molar-refractivity contribution in [3.8, 4) is 0 Å². The van der Waals surface area contributed by atoms with Crippen LogP contribution in [0.4, 0.5) is 0 Å². The fraction of sp³-hybridized carbons (Fsp3) is 0.857. The molecule has 4 aliphatic rings. The molecule has 0 aromatic heterocycles. The van der Waals surface area contributed by atoms with E-state index in [4.69, 9.17) is 0 Å². The van der Waals surface area contributed by atoms with Gasteiger partial charge in [0.05, 0.1) is 5.60 Å². The number of hydrogen-bond donors (Lipinski definition) is 1. The molecule has 0 spiro atoms. The van der Waals surface area contributed by atoms with Crippen molar-refractivity contribution in [2.75, 3.05) is 0 Å². The van der Waals surface area contributed by atoms with Gasteiger partial charge in [0, 0.05) is 6.42 Å². The summed E-state index contributed by atoms with van der Waals surface area (Å²) in [5.74, 6) is 3.06. The number of hydrogen-bond acceptors (Lipinski definition) is 2. The third kappa shape index (κ3) is 1.94. The first-order valence-electron chi connectivity index (χ1n) is 9.65. The highest BCUT2D eigenvalue weighted by Gasteiger charge is 2.63. The predicted molar refractivity (Wildman–Crippen MR) is 91.9 cm³/mol. The zero-order chi connectivity index (χ0) is 16.6. The summed E-state index contributed by atoms with van der Waals surface area (Å²) in [6.45, 7) is 9.26. The Bertz CT molecular complexity index is 574. The highest BCUT2D eigenvalue weighted by atomic mass is 16.3. The third-order valence-electron chi connectivity index (χ3n) is 8.87. The molecule has 2 nitrogen and oxygen atoms in total. The van der Waals surface area contributed by atoms with E-state index in [-0.39, 0.29) is 10.8 Å². The number of rotatable bonds is 0. The topological polar surface area (TPSA) is 37.3 Å². The fourth-order valence-electron chi connectivity index (χ4n) is 7.15. The molecule has 4 aliphatic carbocycles. The molecule has 0 radical (unpaired) electrons. The van der Waals surface area contributed by atoms with Gasteiger partial charge in [0.15, 0.2) is 5.78 Å². The lowest BCUT2D eigenvalue weighted by molar-refractivity contribution is -0.132. The molecule has 0 saturated heterocycles. The third-order valence-corrected chi connectivity index (χ3v) is 8.87. The zero-order valence-electron chi connectivity index (χ0n) is 15.2. The maximum atomic E-state index is 11.9. The first-order valence-corrected chi connectivity index (χ1v) is 9.65. The molecule has 23 heavy (non-hydrogen) atoms. The van der Waals surface area contributed by atoms with E-state index in [0.717, 1.165) is 38.0 Å². The predicted octanol–water partition coefficient (Wildman–Crippen LogP) is 4.52. The Hall–Kier alpha value is -0.630. The van der Waals surface area contributed by atoms with Crippen molar-refractivity contribution < 1.29 is 9.90 Å². The molecule has 3 saturated carbocycles. The van der Waals surface area contributed by atoms with Gasteiger partial charge in [-0.25, -0.2) is 0 Å². The summed E-state index contributed by atoms with van der Waals surface area (Å²) in [6, 6.07) is 0. The minimum atomic E-state index is -0.498. The van der Waals surface area contributed by atoms with Crippen molar-refractivity contribution in [2.45, 2.75) is 78.2 Å². The van der Waals surface area contributed by atoms with Crippen molar-refractivity contribution in [1.29, 1.82) is 0 Å². The fourth-order valence-corrected chi connectivity index (χ4v) is 7.15. The van der Waals surface area contributed by atoms with E-state index < -0.39 is 5.60 Å². The van der Waals surface area contributed by atoms with E-state index in [1.807, 2.05) is 6.08 Å². The van der Waals surface area contributed by atoms with Crippen LogP contribution >= 0.6 is 0 Å². The van der Waals surface area contributed by atoms with Gasteiger partial charge in [-0.05, 0) is 86.0 Å². The largest absolute Gasteiger partial charge is 0.390 e. The highest BCUT2D eigenvalue weighted by Crippen LogP contribution is 2.68. The number of carbonyl (C=O) groups is 1. The van der Waals surface area contributed by atoms with Gasteiger partial charge >= 0.3 is 0 Å². The van der Waals surface area contributed by atoms with Crippen LogP contribution in [-0.2, 0) is 4.79 Å². The lowest BCUT2D eigenvalue weighted by Crippen LogP contribution is -2.55. The molecule has 2 heteroatoms. The van der Waals surface area contributed by atoms with Crippen LogP contribution in [0.25, 0.3) is 0 Å². The van der Waals surface area contributed by atoms with E-state index in [9.17, 15) is 9.90 Å². The maximum Gasteiger partial charge on any atom is 0.155 e. The Morgan fingerprint density at radius 2 is 1.78 bits per heavy atom. The van der Waals surface area contributed by atoms with Gasteiger partial charge in [-0.15, -0.1) is 0 Å². The van der Waals surface area contributed by atoms with Gasteiger partial charge in [-0.1, -0.05) is 26.3 Å². The molecule has 7 atom stereocenters. The summed E-state index contributed by atoms with van der Waals surface area (Å²) in [7, 11) is 0. The molecule has 2 unspecified atom stereocenters. The number of fused-ring (bicyclic) bond motifs is 5. The molecule has 0 aromatic carbocycles. The minimum absolute atomic E-state index is 0.0878. The molecule has 0 bridgehead atoms. The zero-order valence-corrected chi connectivity index (χ0v) is 15.2. The normalized spacial score (nSPS) is 55.7. The van der Waals surface area contributed by atoms with E-state index in [0.29, 0.717) is 23.5 Å². The van der Waals surface area contributed by atoms with Crippen LogP contribution in [0.3, 0.4) is 0 Å². The molecule has 0 aliphatic heterocycles. The lowest BCUT2D eigenvalue weighted by atomic mass is 9.44. The summed E-state index contributed by atoms with van der Waals surface area (Å²) in [4.78, 5) is 11.9. The van der Waals surface area contributed by atoms with E-state index in [1.165, 1.54) is 18.4 Å². The van der Waals surface area contributed by atoms with Crippen molar-refractivity contribution >= 4 is 5.78 Å². The van der Waals surface area contributed by atoms with Crippen molar-refractivity contribution in [3.05, 3.63) is 11.6 Å². The molecule has 1 N–H and O–H groups in total. The molecule has 0 amide bonds. The van der Waals surface area contributed by atoms with Gasteiger partial charge in [-0.2, -0.15) is 0 Å². The van der Waals surface area contributed by atoms with Crippen LogP contribution in [0.2, 0.25) is 0 Å². The van der Waals surface area contributed by atoms with Gasteiger partial charge in [0.2, 0.25) is 0 Å². The Balaban J connectivity index is 1.74. The van der Waals surface area contributed by atoms with Gasteiger partial charge < -0.3 is 5.11 Å². The standard InChI is InChI=1S/C21H32O2/c1-13-11-14-12-15(22)5-8-19(14,2)16-6-9-20(3)17(18(13)16)7-10-21(20,4)23/h12-13,16-18,23H,5-11H2,1-4H3/t13?,16-,17-,18+,19-,20-,21?/m0/s1. The molecule has 128 valence electrons. The number of ketones is 1. The van der Waals surface area contributed by atoms with Crippen LogP contribution in [0.15, 0.2) is 11.6 Å². The SMILES string of the molecule is CC1CC2=CC(=O)CC[C@]2(C)[C@H]2CC[C@@]3(C)[C@@H](CCC3(C)O)[C@H]12. The Kier molecular flexibility index (Phi) is 3.25. The monoisotopic (exact) mass is 316 g/mol. The summed E-state index contributed by atoms with van der Waals surface area (Å²) in [5, 5.41) is 11.0.